The summed E-state index contributed by atoms with van der Waals surface area (Å²) in [7, 11) is 0. The summed E-state index contributed by atoms with van der Waals surface area (Å²) in [6.45, 7) is 5.82. The molecule has 6 nitrogen and oxygen atoms in total. The number of nitrogens with two attached hydrogens (primary N) is 1. The number of benzene rings is 1. The van der Waals surface area contributed by atoms with Crippen LogP contribution in [0.4, 0.5) is 0 Å². The number of hydrogen-bond acceptors (Lipinski definition) is 4. The molecule has 6 heteroatoms. The van der Waals surface area contributed by atoms with Gasteiger partial charge < -0.3 is 11.1 Å². The number of likely N-dealkylation sites (tertiary alicyclic amines) is 1. The summed E-state index contributed by atoms with van der Waals surface area (Å²) >= 11 is 0. The molecule has 0 aromatic heterocycles. The van der Waals surface area contributed by atoms with Crippen LogP contribution in [-0.2, 0) is 16.1 Å². The molecule has 1 saturated heterocycles. The van der Waals surface area contributed by atoms with Crippen LogP contribution in [-0.4, -0.2) is 35.3 Å². The predicted molar refractivity (Wildman–Crippen MR) is 99.6 cm³/mol. The van der Waals surface area contributed by atoms with E-state index in [9.17, 15) is 14.9 Å². The maximum atomic E-state index is 12.3. The van der Waals surface area contributed by atoms with E-state index in [0.29, 0.717) is 19.3 Å². The Balaban J connectivity index is 1.85. The monoisotopic (exact) mass is 356 g/mol. The molecule has 1 aromatic rings. The van der Waals surface area contributed by atoms with E-state index in [4.69, 9.17) is 5.73 Å². The molecule has 1 heterocycles. The minimum Gasteiger partial charge on any atom is -0.369 e. The van der Waals surface area contributed by atoms with Gasteiger partial charge in [0.2, 0.25) is 11.8 Å². The highest BCUT2D eigenvalue weighted by Crippen LogP contribution is 2.25. The third-order valence-electron chi connectivity index (χ3n) is 5.20. The fraction of sp³-hybridized carbons (Fsp3) is 0.550. The van der Waals surface area contributed by atoms with E-state index in [2.05, 4.69) is 28.4 Å². The van der Waals surface area contributed by atoms with Crippen molar-refractivity contribution >= 4 is 11.8 Å². The van der Waals surface area contributed by atoms with Crippen molar-refractivity contribution in [3.63, 3.8) is 0 Å². The average molecular weight is 356 g/mol. The standard InChI is InChI=1S/C20H28N4O2/c1-19(2,18(22)26)9-8-17(25)23-20(15-21)10-12-24(13-11-20)14-16-6-4-3-5-7-16/h3-7H,8-14H2,1-2H3,(H2,22,26)(H,23,25). The van der Waals surface area contributed by atoms with E-state index in [1.54, 1.807) is 13.8 Å². The minimum absolute atomic E-state index is 0.188. The first-order chi connectivity index (χ1) is 12.3. The summed E-state index contributed by atoms with van der Waals surface area (Å²) in [6, 6.07) is 12.5. The van der Waals surface area contributed by atoms with Gasteiger partial charge in [-0.1, -0.05) is 44.2 Å². The van der Waals surface area contributed by atoms with Gasteiger partial charge in [0.15, 0.2) is 0 Å². The van der Waals surface area contributed by atoms with Crippen LogP contribution < -0.4 is 11.1 Å². The molecule has 0 spiro atoms. The smallest absolute Gasteiger partial charge is 0.223 e. The van der Waals surface area contributed by atoms with E-state index in [1.165, 1.54) is 5.56 Å². The SMILES string of the molecule is CC(C)(CCC(=O)NC1(C#N)CCN(Cc2ccccc2)CC1)C(N)=O. The lowest BCUT2D eigenvalue weighted by atomic mass is 9.85. The first kappa shape index (κ1) is 19.9. The largest absolute Gasteiger partial charge is 0.369 e. The quantitative estimate of drug-likeness (QED) is 0.780. The number of carbonyl (C=O) groups is 2. The Morgan fingerprint density at radius 3 is 2.42 bits per heavy atom. The van der Waals surface area contributed by atoms with Crippen molar-refractivity contribution in [1.82, 2.24) is 10.2 Å². The number of rotatable bonds is 7. The molecule has 0 unspecified atom stereocenters. The van der Waals surface area contributed by atoms with Gasteiger partial charge >= 0.3 is 0 Å². The highest BCUT2D eigenvalue weighted by molar-refractivity contribution is 5.82. The first-order valence-corrected chi connectivity index (χ1v) is 9.05. The molecule has 1 aromatic carbocycles. The van der Waals surface area contributed by atoms with Crippen molar-refractivity contribution in [2.75, 3.05) is 13.1 Å². The number of piperidine rings is 1. The van der Waals surface area contributed by atoms with Crippen molar-refractivity contribution in [1.29, 1.82) is 5.26 Å². The molecule has 1 fully saturated rings. The Kier molecular flexibility index (Phi) is 6.38. The summed E-state index contributed by atoms with van der Waals surface area (Å²) in [5, 5.41) is 12.5. The van der Waals surface area contributed by atoms with Crippen LogP contribution in [0.15, 0.2) is 30.3 Å². The summed E-state index contributed by atoms with van der Waals surface area (Å²) in [4.78, 5) is 25.9. The lowest BCUT2D eigenvalue weighted by Gasteiger charge is -2.38. The van der Waals surface area contributed by atoms with Gasteiger partial charge in [-0.15, -0.1) is 0 Å². The summed E-state index contributed by atoms with van der Waals surface area (Å²) in [6.07, 6.45) is 1.76. The minimum atomic E-state index is -0.818. The van der Waals surface area contributed by atoms with Crippen LogP contribution in [0.2, 0.25) is 0 Å². The normalized spacial score (nSPS) is 17.3. The van der Waals surface area contributed by atoms with Crippen molar-refractivity contribution in [3.05, 3.63) is 35.9 Å². The van der Waals surface area contributed by atoms with Gasteiger partial charge in [-0.05, 0) is 24.8 Å². The molecule has 140 valence electrons. The van der Waals surface area contributed by atoms with Gasteiger partial charge in [0.05, 0.1) is 6.07 Å². The van der Waals surface area contributed by atoms with Crippen molar-refractivity contribution in [3.8, 4) is 6.07 Å². The lowest BCUT2D eigenvalue weighted by Crippen LogP contribution is -2.54. The van der Waals surface area contributed by atoms with Crippen LogP contribution in [0.3, 0.4) is 0 Å². The predicted octanol–water partition coefficient (Wildman–Crippen LogP) is 1.95. The molecule has 1 aliphatic rings. The Morgan fingerprint density at radius 2 is 1.88 bits per heavy atom. The van der Waals surface area contributed by atoms with Gasteiger partial charge in [-0.25, -0.2) is 0 Å². The van der Waals surface area contributed by atoms with Gasteiger partial charge in [-0.3, -0.25) is 14.5 Å². The molecule has 0 saturated carbocycles. The van der Waals surface area contributed by atoms with Gasteiger partial charge in [-0.2, -0.15) is 5.26 Å². The zero-order chi connectivity index (χ0) is 19.2. The number of nitriles is 1. The summed E-state index contributed by atoms with van der Waals surface area (Å²) in [5.41, 5.74) is 5.04. The Hall–Kier alpha value is -2.39. The van der Waals surface area contributed by atoms with E-state index < -0.39 is 16.9 Å². The molecule has 3 N–H and O–H groups in total. The number of hydrogen-bond donors (Lipinski definition) is 2. The van der Waals surface area contributed by atoms with Crippen molar-refractivity contribution in [2.24, 2.45) is 11.1 Å². The van der Waals surface area contributed by atoms with Crippen LogP contribution in [0.25, 0.3) is 0 Å². The van der Waals surface area contributed by atoms with Gasteiger partial charge in [0, 0.05) is 31.5 Å². The zero-order valence-corrected chi connectivity index (χ0v) is 15.6. The molecule has 0 atom stereocenters. The summed E-state index contributed by atoms with van der Waals surface area (Å²) in [5.74, 6) is -0.619. The highest BCUT2D eigenvalue weighted by Gasteiger charge is 2.36. The third-order valence-corrected chi connectivity index (χ3v) is 5.20. The van der Waals surface area contributed by atoms with E-state index >= 15 is 0 Å². The van der Waals surface area contributed by atoms with Crippen molar-refractivity contribution in [2.45, 2.75) is 51.6 Å². The number of carbonyl (C=O) groups excluding carboxylic acids is 2. The van der Waals surface area contributed by atoms with Gasteiger partial charge in [0.25, 0.3) is 0 Å². The molecule has 1 aliphatic heterocycles. The molecule has 0 bridgehead atoms. The lowest BCUT2D eigenvalue weighted by molar-refractivity contribution is -0.127. The third kappa shape index (κ3) is 5.30. The van der Waals surface area contributed by atoms with Crippen molar-refractivity contribution < 1.29 is 9.59 Å². The molecule has 26 heavy (non-hydrogen) atoms. The second-order valence-corrected chi connectivity index (χ2v) is 7.75. The number of nitrogens with zero attached hydrogens (tertiary/aromatic N) is 2. The van der Waals surface area contributed by atoms with Crippen LogP contribution >= 0.6 is 0 Å². The highest BCUT2D eigenvalue weighted by atomic mass is 16.2. The van der Waals surface area contributed by atoms with Crippen LogP contribution in [0, 0.1) is 16.7 Å². The van der Waals surface area contributed by atoms with Crippen LogP contribution in [0.5, 0.6) is 0 Å². The van der Waals surface area contributed by atoms with E-state index in [1.807, 2.05) is 18.2 Å². The fourth-order valence-electron chi connectivity index (χ4n) is 3.08. The zero-order valence-electron chi connectivity index (χ0n) is 15.6. The topological polar surface area (TPSA) is 99.2 Å². The molecule has 2 amide bonds. The molecule has 2 rings (SSSR count). The second kappa shape index (κ2) is 8.33. The first-order valence-electron chi connectivity index (χ1n) is 9.05. The summed E-state index contributed by atoms with van der Waals surface area (Å²) < 4.78 is 0. The van der Waals surface area contributed by atoms with Gasteiger partial charge in [0.1, 0.15) is 5.54 Å². The number of amides is 2. The second-order valence-electron chi connectivity index (χ2n) is 7.75. The molecular weight excluding hydrogens is 328 g/mol. The Bertz CT molecular complexity index is 671. The van der Waals surface area contributed by atoms with E-state index in [-0.39, 0.29) is 12.3 Å². The maximum Gasteiger partial charge on any atom is 0.223 e. The number of primary amides is 1. The fourth-order valence-corrected chi connectivity index (χ4v) is 3.08. The van der Waals surface area contributed by atoms with E-state index in [0.717, 1.165) is 19.6 Å². The van der Waals surface area contributed by atoms with Crippen LogP contribution in [0.1, 0.15) is 45.1 Å². The molecule has 0 radical (unpaired) electrons. The maximum absolute atomic E-state index is 12.3. The Morgan fingerprint density at radius 1 is 1.27 bits per heavy atom. The molecule has 0 aliphatic carbocycles. The average Bonchev–Trinajstić information content (AvgIpc) is 2.63. The Labute approximate surface area is 155 Å². The number of nitrogens with one attached hydrogen (secondary N) is 1. The molecular formula is C20H28N4O2.